The maximum atomic E-state index is 8.97. The van der Waals surface area contributed by atoms with E-state index in [4.69, 9.17) is 22.2 Å². The molecule has 0 heterocycles. The molecular weight excluding hydrogens is 208 g/mol. The largest absolute Gasteiger partial charge is 0.483 e. The Bertz CT molecular complexity index is 308. The molecule has 0 unspecified atom stereocenters. The summed E-state index contributed by atoms with van der Waals surface area (Å²) in [5.74, 6) is 0. The third kappa shape index (κ3) is 5.38. The summed E-state index contributed by atoms with van der Waals surface area (Å²) in [6.45, 7) is 10.2. The SMILES string of the molecule is CCOC(=S)C(C#N)=C(C)NC(C)(C)C. The van der Waals surface area contributed by atoms with Gasteiger partial charge in [-0.3, -0.25) is 0 Å². The zero-order valence-electron chi connectivity index (χ0n) is 9.97. The van der Waals surface area contributed by atoms with Crippen molar-refractivity contribution in [2.75, 3.05) is 6.61 Å². The van der Waals surface area contributed by atoms with Crippen LogP contribution in [0.1, 0.15) is 34.6 Å². The average molecular weight is 226 g/mol. The Balaban J connectivity index is 4.85. The number of thiocarbonyl (C=S) groups is 1. The van der Waals surface area contributed by atoms with Gasteiger partial charge in [-0.1, -0.05) is 0 Å². The molecular formula is C11H18N2OS. The summed E-state index contributed by atoms with van der Waals surface area (Å²) < 4.78 is 5.14. The standard InChI is InChI=1S/C11H18N2OS/c1-6-14-10(15)9(7-12)8(2)13-11(3,4)5/h13H,6H2,1-5H3. The van der Waals surface area contributed by atoms with Crippen molar-refractivity contribution in [2.45, 2.75) is 40.2 Å². The van der Waals surface area contributed by atoms with Gasteiger partial charge in [0.15, 0.2) is 0 Å². The highest BCUT2D eigenvalue weighted by atomic mass is 32.1. The highest BCUT2D eigenvalue weighted by Gasteiger charge is 2.14. The van der Waals surface area contributed by atoms with Crippen LogP contribution >= 0.6 is 12.2 Å². The summed E-state index contributed by atoms with van der Waals surface area (Å²) in [5, 5.41) is 12.4. The first kappa shape index (κ1) is 13.9. The number of allylic oxidation sites excluding steroid dienone is 1. The van der Waals surface area contributed by atoms with E-state index in [2.05, 4.69) is 11.4 Å². The first-order valence-electron chi connectivity index (χ1n) is 4.88. The van der Waals surface area contributed by atoms with Crippen LogP contribution in [-0.4, -0.2) is 17.2 Å². The quantitative estimate of drug-likeness (QED) is 0.456. The molecule has 0 saturated heterocycles. The van der Waals surface area contributed by atoms with Crippen LogP contribution in [0.3, 0.4) is 0 Å². The molecule has 0 aromatic heterocycles. The Hall–Kier alpha value is -1.08. The molecule has 84 valence electrons. The van der Waals surface area contributed by atoms with E-state index in [0.717, 1.165) is 5.70 Å². The first-order valence-corrected chi connectivity index (χ1v) is 5.29. The van der Waals surface area contributed by atoms with Gasteiger partial charge in [0.05, 0.1) is 6.61 Å². The normalized spacial score (nSPS) is 12.5. The second kappa shape index (κ2) is 5.72. The number of rotatable bonds is 3. The number of hydrogen-bond donors (Lipinski definition) is 1. The van der Waals surface area contributed by atoms with Crippen molar-refractivity contribution in [3.8, 4) is 6.07 Å². The molecule has 3 nitrogen and oxygen atoms in total. The monoisotopic (exact) mass is 226 g/mol. The Morgan fingerprint density at radius 2 is 2.00 bits per heavy atom. The minimum atomic E-state index is -0.0893. The average Bonchev–Trinajstić information content (AvgIpc) is 2.02. The number of nitriles is 1. The van der Waals surface area contributed by atoms with E-state index >= 15 is 0 Å². The maximum absolute atomic E-state index is 8.97. The van der Waals surface area contributed by atoms with Gasteiger partial charge >= 0.3 is 0 Å². The van der Waals surface area contributed by atoms with Crippen molar-refractivity contribution in [3.05, 3.63) is 11.3 Å². The lowest BCUT2D eigenvalue weighted by Gasteiger charge is -2.23. The predicted molar refractivity (Wildman–Crippen MR) is 65.4 cm³/mol. The van der Waals surface area contributed by atoms with Crippen molar-refractivity contribution in [3.63, 3.8) is 0 Å². The van der Waals surface area contributed by atoms with Crippen LogP contribution in [0.2, 0.25) is 0 Å². The summed E-state index contributed by atoms with van der Waals surface area (Å²) in [7, 11) is 0. The summed E-state index contributed by atoms with van der Waals surface area (Å²) in [6, 6.07) is 2.06. The second-order valence-corrected chi connectivity index (χ2v) is 4.58. The van der Waals surface area contributed by atoms with Crippen LogP contribution < -0.4 is 5.32 Å². The molecule has 15 heavy (non-hydrogen) atoms. The molecule has 0 radical (unpaired) electrons. The Morgan fingerprint density at radius 3 is 2.33 bits per heavy atom. The van der Waals surface area contributed by atoms with E-state index in [1.165, 1.54) is 0 Å². The van der Waals surface area contributed by atoms with E-state index in [-0.39, 0.29) is 10.6 Å². The molecule has 0 rings (SSSR count). The first-order chi connectivity index (χ1) is 6.81. The van der Waals surface area contributed by atoms with Gasteiger partial charge in [-0.15, -0.1) is 0 Å². The molecule has 0 aliphatic carbocycles. The molecule has 0 spiro atoms. The van der Waals surface area contributed by atoms with E-state index in [1.54, 1.807) is 0 Å². The Labute approximate surface area is 97.1 Å². The second-order valence-electron chi connectivity index (χ2n) is 4.21. The molecule has 1 N–H and O–H groups in total. The Kier molecular flexibility index (Phi) is 5.31. The summed E-state index contributed by atoms with van der Waals surface area (Å²) in [5.41, 5.74) is 1.07. The molecule has 0 bridgehead atoms. The van der Waals surface area contributed by atoms with Gasteiger partial charge in [-0.05, 0) is 46.8 Å². The highest BCUT2D eigenvalue weighted by Crippen LogP contribution is 2.09. The summed E-state index contributed by atoms with van der Waals surface area (Å²) in [4.78, 5) is 0. The lowest BCUT2D eigenvalue weighted by atomic mass is 10.1. The molecule has 0 atom stereocenters. The van der Waals surface area contributed by atoms with Gasteiger partial charge < -0.3 is 10.1 Å². The van der Waals surface area contributed by atoms with Crippen LogP contribution in [0, 0.1) is 11.3 Å². The minimum absolute atomic E-state index is 0.0893. The van der Waals surface area contributed by atoms with Crippen molar-refractivity contribution in [2.24, 2.45) is 0 Å². The lowest BCUT2D eigenvalue weighted by Crippen LogP contribution is -2.35. The van der Waals surface area contributed by atoms with Crippen molar-refractivity contribution >= 4 is 17.3 Å². The maximum Gasteiger partial charge on any atom is 0.203 e. The van der Waals surface area contributed by atoms with Gasteiger partial charge in [0.2, 0.25) is 5.05 Å². The zero-order chi connectivity index (χ0) is 12.1. The molecule has 0 amide bonds. The van der Waals surface area contributed by atoms with Gasteiger partial charge in [-0.2, -0.15) is 5.26 Å². The van der Waals surface area contributed by atoms with Gasteiger partial charge in [0.25, 0.3) is 0 Å². The van der Waals surface area contributed by atoms with Crippen LogP contribution in [0.15, 0.2) is 11.3 Å². The molecule has 0 saturated carbocycles. The Morgan fingerprint density at radius 1 is 1.47 bits per heavy atom. The fourth-order valence-electron chi connectivity index (χ4n) is 1.11. The van der Waals surface area contributed by atoms with Gasteiger partial charge in [-0.25, -0.2) is 0 Å². The zero-order valence-corrected chi connectivity index (χ0v) is 10.8. The summed E-state index contributed by atoms with van der Waals surface area (Å²) in [6.07, 6.45) is 0. The highest BCUT2D eigenvalue weighted by molar-refractivity contribution is 7.80. The van der Waals surface area contributed by atoms with Crippen LogP contribution in [0.4, 0.5) is 0 Å². The van der Waals surface area contributed by atoms with Gasteiger partial charge in [0.1, 0.15) is 11.6 Å². The minimum Gasteiger partial charge on any atom is -0.483 e. The number of nitrogens with zero attached hydrogens (tertiary/aromatic N) is 1. The number of ether oxygens (including phenoxy) is 1. The number of hydrogen-bond acceptors (Lipinski definition) is 4. The van der Waals surface area contributed by atoms with Gasteiger partial charge in [0, 0.05) is 11.2 Å². The molecule has 0 aromatic carbocycles. The predicted octanol–water partition coefficient (Wildman–Crippen LogP) is 2.54. The van der Waals surface area contributed by atoms with Crippen molar-refractivity contribution < 1.29 is 4.74 Å². The summed E-state index contributed by atoms with van der Waals surface area (Å²) >= 11 is 5.00. The van der Waals surface area contributed by atoms with Crippen LogP contribution in [0.25, 0.3) is 0 Å². The fraction of sp³-hybridized carbons (Fsp3) is 0.636. The topological polar surface area (TPSA) is 45.0 Å². The van der Waals surface area contributed by atoms with E-state index < -0.39 is 0 Å². The van der Waals surface area contributed by atoms with E-state index in [0.29, 0.717) is 12.2 Å². The lowest BCUT2D eigenvalue weighted by molar-refractivity contribution is 0.337. The van der Waals surface area contributed by atoms with Crippen molar-refractivity contribution in [1.82, 2.24) is 5.32 Å². The van der Waals surface area contributed by atoms with E-state index in [1.807, 2.05) is 34.6 Å². The van der Waals surface area contributed by atoms with Crippen LogP contribution in [0.5, 0.6) is 0 Å². The fourth-order valence-corrected chi connectivity index (χ4v) is 1.43. The molecule has 0 aliphatic heterocycles. The van der Waals surface area contributed by atoms with Crippen LogP contribution in [-0.2, 0) is 4.74 Å². The number of nitrogens with one attached hydrogen (secondary N) is 1. The molecule has 0 aliphatic rings. The molecule has 4 heteroatoms. The van der Waals surface area contributed by atoms with E-state index in [9.17, 15) is 0 Å². The third-order valence-electron chi connectivity index (χ3n) is 1.53. The smallest absolute Gasteiger partial charge is 0.203 e. The molecule has 0 aromatic rings. The van der Waals surface area contributed by atoms with Crippen molar-refractivity contribution in [1.29, 1.82) is 5.26 Å². The third-order valence-corrected chi connectivity index (χ3v) is 1.85. The molecule has 0 fully saturated rings.